The van der Waals surface area contributed by atoms with E-state index in [0.29, 0.717) is 19.1 Å². The molecule has 2 amide bonds. The van der Waals surface area contributed by atoms with Crippen LogP contribution in [0.5, 0.6) is 0 Å². The number of amides is 2. The van der Waals surface area contributed by atoms with Crippen molar-refractivity contribution in [3.63, 3.8) is 0 Å². The van der Waals surface area contributed by atoms with Crippen LogP contribution in [0.3, 0.4) is 0 Å². The SMILES string of the molecule is C[C@@H]1CN(C(=O)NCC(F)(F)F)CC[C@H]1N1CCN(C)CC1. The fourth-order valence-corrected chi connectivity index (χ4v) is 3.30. The molecule has 0 spiro atoms. The number of hydrogen-bond donors (Lipinski definition) is 1. The Morgan fingerprint density at radius 3 is 2.36 bits per heavy atom. The lowest BCUT2D eigenvalue weighted by Crippen LogP contribution is -2.57. The van der Waals surface area contributed by atoms with Crippen molar-refractivity contribution < 1.29 is 18.0 Å². The first-order chi connectivity index (χ1) is 10.3. The molecule has 2 heterocycles. The van der Waals surface area contributed by atoms with E-state index < -0.39 is 18.8 Å². The number of nitrogens with one attached hydrogen (secondary N) is 1. The largest absolute Gasteiger partial charge is 0.405 e. The zero-order chi connectivity index (χ0) is 16.3. The Kier molecular flexibility index (Phi) is 5.55. The highest BCUT2D eigenvalue weighted by Gasteiger charge is 2.34. The monoisotopic (exact) mass is 322 g/mol. The van der Waals surface area contributed by atoms with Crippen molar-refractivity contribution in [2.75, 3.05) is 52.9 Å². The Balaban J connectivity index is 1.80. The minimum absolute atomic E-state index is 0.272. The predicted molar refractivity (Wildman–Crippen MR) is 77.7 cm³/mol. The summed E-state index contributed by atoms with van der Waals surface area (Å²) in [4.78, 5) is 18.1. The van der Waals surface area contributed by atoms with Gasteiger partial charge in [-0.15, -0.1) is 0 Å². The van der Waals surface area contributed by atoms with Crippen molar-refractivity contribution in [2.24, 2.45) is 5.92 Å². The first-order valence-electron chi connectivity index (χ1n) is 7.78. The fourth-order valence-electron chi connectivity index (χ4n) is 3.30. The number of carbonyl (C=O) groups excluding carboxylic acids is 1. The van der Waals surface area contributed by atoms with E-state index in [4.69, 9.17) is 0 Å². The first-order valence-corrected chi connectivity index (χ1v) is 7.78. The lowest BCUT2D eigenvalue weighted by Gasteiger charge is -2.45. The molecule has 0 saturated carbocycles. The Morgan fingerprint density at radius 1 is 1.18 bits per heavy atom. The molecular weight excluding hydrogens is 297 g/mol. The zero-order valence-electron chi connectivity index (χ0n) is 13.2. The number of alkyl halides is 3. The minimum atomic E-state index is -4.36. The van der Waals surface area contributed by atoms with Crippen LogP contribution in [0, 0.1) is 5.92 Å². The van der Waals surface area contributed by atoms with Gasteiger partial charge in [-0.25, -0.2) is 4.79 Å². The van der Waals surface area contributed by atoms with Gasteiger partial charge in [0.05, 0.1) is 0 Å². The van der Waals surface area contributed by atoms with Gasteiger partial charge in [0, 0.05) is 45.3 Å². The lowest BCUT2D eigenvalue weighted by atomic mass is 9.92. The molecule has 1 N–H and O–H groups in total. The summed E-state index contributed by atoms with van der Waals surface area (Å²) in [5.41, 5.74) is 0. The van der Waals surface area contributed by atoms with Crippen LogP contribution in [0.2, 0.25) is 0 Å². The summed E-state index contributed by atoms with van der Waals surface area (Å²) in [7, 11) is 2.11. The first kappa shape index (κ1) is 17.3. The Morgan fingerprint density at radius 2 is 1.82 bits per heavy atom. The summed E-state index contributed by atoms with van der Waals surface area (Å²) in [5.74, 6) is 0.272. The molecule has 2 fully saturated rings. The summed E-state index contributed by atoms with van der Waals surface area (Å²) < 4.78 is 36.5. The molecule has 2 aliphatic heterocycles. The highest BCUT2D eigenvalue weighted by Crippen LogP contribution is 2.23. The molecule has 5 nitrogen and oxygen atoms in total. The van der Waals surface area contributed by atoms with Gasteiger partial charge in [-0.3, -0.25) is 4.90 Å². The number of likely N-dealkylation sites (tertiary alicyclic amines) is 1. The van der Waals surface area contributed by atoms with Crippen LogP contribution in [0.25, 0.3) is 0 Å². The third kappa shape index (κ3) is 4.74. The number of piperidine rings is 1. The van der Waals surface area contributed by atoms with Crippen molar-refractivity contribution >= 4 is 6.03 Å². The van der Waals surface area contributed by atoms with E-state index in [9.17, 15) is 18.0 Å². The van der Waals surface area contributed by atoms with Crippen molar-refractivity contribution in [2.45, 2.75) is 25.6 Å². The Labute approximate surface area is 129 Å². The van der Waals surface area contributed by atoms with Gasteiger partial charge in [0.2, 0.25) is 0 Å². The van der Waals surface area contributed by atoms with E-state index in [0.717, 1.165) is 32.6 Å². The number of carbonyl (C=O) groups is 1. The average Bonchev–Trinajstić information content (AvgIpc) is 2.45. The normalized spacial score (nSPS) is 28.7. The maximum atomic E-state index is 12.2. The van der Waals surface area contributed by atoms with Crippen LogP contribution in [0.15, 0.2) is 0 Å². The molecule has 0 aromatic heterocycles. The van der Waals surface area contributed by atoms with Crippen LogP contribution in [-0.2, 0) is 0 Å². The molecule has 2 rings (SSSR count). The third-order valence-electron chi connectivity index (χ3n) is 4.59. The van der Waals surface area contributed by atoms with Gasteiger partial charge in [-0.05, 0) is 19.4 Å². The molecule has 0 aromatic carbocycles. The van der Waals surface area contributed by atoms with Crippen molar-refractivity contribution in [1.82, 2.24) is 20.0 Å². The summed E-state index contributed by atoms with van der Waals surface area (Å²) in [6.45, 7) is 5.96. The molecule has 2 atom stereocenters. The number of piperazine rings is 1. The molecule has 0 radical (unpaired) electrons. The van der Waals surface area contributed by atoms with Gasteiger partial charge in [-0.2, -0.15) is 13.2 Å². The molecule has 0 aliphatic carbocycles. The summed E-state index contributed by atoms with van der Waals surface area (Å²) in [5, 5.41) is 1.95. The standard InChI is InChI=1S/C14H25F3N4O/c1-11-9-21(13(22)18-10-14(15,16)17)4-3-12(11)20-7-5-19(2)6-8-20/h11-12H,3-10H2,1-2H3,(H,18,22)/t11-,12-/m1/s1. The van der Waals surface area contributed by atoms with E-state index in [1.807, 2.05) is 5.32 Å². The van der Waals surface area contributed by atoms with Crippen molar-refractivity contribution in [3.05, 3.63) is 0 Å². The number of halogens is 3. The molecule has 2 aliphatic rings. The highest BCUT2D eigenvalue weighted by molar-refractivity contribution is 5.74. The second kappa shape index (κ2) is 7.04. The number of nitrogens with zero attached hydrogens (tertiary/aromatic N) is 3. The molecule has 0 unspecified atom stereocenters. The van der Waals surface area contributed by atoms with Gasteiger partial charge in [0.25, 0.3) is 0 Å². The fraction of sp³-hybridized carbons (Fsp3) is 0.929. The molecule has 128 valence electrons. The number of hydrogen-bond acceptors (Lipinski definition) is 3. The molecular formula is C14H25F3N4O. The van der Waals surface area contributed by atoms with E-state index in [-0.39, 0.29) is 5.92 Å². The van der Waals surface area contributed by atoms with E-state index in [1.54, 1.807) is 0 Å². The number of urea groups is 1. The van der Waals surface area contributed by atoms with Crippen LogP contribution < -0.4 is 5.32 Å². The van der Waals surface area contributed by atoms with Gasteiger partial charge in [0.15, 0.2) is 0 Å². The second-order valence-corrected chi connectivity index (χ2v) is 6.39. The highest BCUT2D eigenvalue weighted by atomic mass is 19.4. The van der Waals surface area contributed by atoms with Crippen LogP contribution in [-0.4, -0.2) is 85.8 Å². The van der Waals surface area contributed by atoms with E-state index in [1.165, 1.54) is 4.90 Å². The Bertz CT molecular complexity index is 383. The zero-order valence-corrected chi connectivity index (χ0v) is 13.2. The third-order valence-corrected chi connectivity index (χ3v) is 4.59. The Hall–Kier alpha value is -1.02. The van der Waals surface area contributed by atoms with Crippen LogP contribution in [0.4, 0.5) is 18.0 Å². The average molecular weight is 322 g/mol. The summed E-state index contributed by atoms with van der Waals surface area (Å²) in [6, 6.07) is -0.193. The lowest BCUT2D eigenvalue weighted by molar-refractivity contribution is -0.123. The quantitative estimate of drug-likeness (QED) is 0.831. The smallest absolute Gasteiger partial charge is 0.329 e. The molecule has 0 bridgehead atoms. The van der Waals surface area contributed by atoms with Gasteiger partial charge in [0.1, 0.15) is 6.54 Å². The van der Waals surface area contributed by atoms with Gasteiger partial charge < -0.3 is 15.1 Å². The summed E-state index contributed by atoms with van der Waals surface area (Å²) >= 11 is 0. The van der Waals surface area contributed by atoms with Gasteiger partial charge in [-0.1, -0.05) is 6.92 Å². The maximum absolute atomic E-state index is 12.2. The van der Waals surface area contributed by atoms with E-state index >= 15 is 0 Å². The van der Waals surface area contributed by atoms with E-state index in [2.05, 4.69) is 23.8 Å². The topological polar surface area (TPSA) is 38.8 Å². The maximum Gasteiger partial charge on any atom is 0.405 e. The molecule has 22 heavy (non-hydrogen) atoms. The summed E-state index contributed by atoms with van der Waals surface area (Å²) in [6.07, 6.45) is -3.54. The second-order valence-electron chi connectivity index (χ2n) is 6.39. The molecule has 8 heteroatoms. The number of likely N-dealkylation sites (N-methyl/N-ethyl adjacent to an activating group) is 1. The predicted octanol–water partition coefficient (Wildman–Crippen LogP) is 1.22. The minimum Gasteiger partial charge on any atom is -0.329 e. The van der Waals surface area contributed by atoms with Crippen LogP contribution in [0.1, 0.15) is 13.3 Å². The van der Waals surface area contributed by atoms with Crippen molar-refractivity contribution in [1.29, 1.82) is 0 Å². The molecule has 0 aromatic rings. The van der Waals surface area contributed by atoms with Gasteiger partial charge >= 0.3 is 12.2 Å². The van der Waals surface area contributed by atoms with Crippen molar-refractivity contribution in [3.8, 4) is 0 Å². The van der Waals surface area contributed by atoms with Crippen LogP contribution >= 0.6 is 0 Å². The number of rotatable bonds is 2. The molecule has 2 saturated heterocycles.